The third-order valence-electron chi connectivity index (χ3n) is 1.99. The summed E-state index contributed by atoms with van der Waals surface area (Å²) in [4.78, 5) is 0. The van der Waals surface area contributed by atoms with E-state index in [1.165, 1.54) is 25.7 Å². The van der Waals surface area contributed by atoms with Crippen molar-refractivity contribution in [1.82, 2.24) is 0 Å². The van der Waals surface area contributed by atoms with Gasteiger partial charge in [-0.25, -0.2) is 0 Å². The monoisotopic (exact) mass is 144 g/mol. The standard InChI is InChI=1S/C8H17P/c1-2-6-9-7-4-3-5-8-9/h2-8H2,1H3. The summed E-state index contributed by atoms with van der Waals surface area (Å²) in [7, 11) is 0.528. The van der Waals surface area contributed by atoms with Crippen LogP contribution in [0.4, 0.5) is 0 Å². The third-order valence-corrected chi connectivity index (χ3v) is 4.97. The van der Waals surface area contributed by atoms with Gasteiger partial charge in [0.25, 0.3) is 0 Å². The first-order valence-electron chi connectivity index (χ1n) is 4.16. The van der Waals surface area contributed by atoms with Crippen molar-refractivity contribution in [3.8, 4) is 0 Å². The third kappa shape index (κ3) is 2.67. The van der Waals surface area contributed by atoms with Gasteiger partial charge in [0.15, 0.2) is 0 Å². The average molecular weight is 144 g/mol. The molecule has 0 aliphatic carbocycles. The van der Waals surface area contributed by atoms with Gasteiger partial charge in [-0.05, 0) is 31.3 Å². The Morgan fingerprint density at radius 3 is 2.33 bits per heavy atom. The second-order valence-electron chi connectivity index (χ2n) is 2.90. The molecule has 0 radical (unpaired) electrons. The lowest BCUT2D eigenvalue weighted by atomic mass is 10.3. The van der Waals surface area contributed by atoms with Crippen molar-refractivity contribution < 1.29 is 0 Å². The minimum absolute atomic E-state index is 0.528. The molecule has 0 atom stereocenters. The molecule has 0 amide bonds. The normalized spacial score (nSPS) is 22.3. The molecule has 0 N–H and O–H groups in total. The van der Waals surface area contributed by atoms with Crippen molar-refractivity contribution in [1.29, 1.82) is 0 Å². The van der Waals surface area contributed by atoms with E-state index in [1.54, 1.807) is 18.5 Å². The Balaban J connectivity index is 2.08. The highest BCUT2D eigenvalue weighted by molar-refractivity contribution is 7.57. The highest BCUT2D eigenvalue weighted by Crippen LogP contribution is 2.41. The first kappa shape index (κ1) is 7.54. The molecule has 0 aromatic rings. The van der Waals surface area contributed by atoms with Crippen LogP contribution in [0.2, 0.25) is 0 Å². The average Bonchev–Trinajstić information content (AvgIpc) is 1.91. The van der Waals surface area contributed by atoms with Gasteiger partial charge in [0.2, 0.25) is 0 Å². The van der Waals surface area contributed by atoms with Crippen LogP contribution < -0.4 is 0 Å². The van der Waals surface area contributed by atoms with E-state index in [1.807, 2.05) is 0 Å². The maximum Gasteiger partial charge on any atom is -0.0326 e. The minimum Gasteiger partial charge on any atom is -0.107 e. The van der Waals surface area contributed by atoms with Crippen molar-refractivity contribution in [2.45, 2.75) is 32.6 Å². The molecule has 9 heavy (non-hydrogen) atoms. The zero-order chi connectivity index (χ0) is 6.53. The van der Waals surface area contributed by atoms with Gasteiger partial charge in [-0.1, -0.05) is 19.8 Å². The predicted octanol–water partition coefficient (Wildman–Crippen LogP) is 3.06. The zero-order valence-corrected chi connectivity index (χ0v) is 7.29. The summed E-state index contributed by atoms with van der Waals surface area (Å²) in [6, 6.07) is 0. The van der Waals surface area contributed by atoms with Gasteiger partial charge >= 0.3 is 0 Å². The van der Waals surface area contributed by atoms with E-state index in [4.69, 9.17) is 0 Å². The van der Waals surface area contributed by atoms with Crippen LogP contribution in [0.3, 0.4) is 0 Å². The van der Waals surface area contributed by atoms with E-state index < -0.39 is 0 Å². The number of hydrogen-bond acceptors (Lipinski definition) is 0. The topological polar surface area (TPSA) is 0 Å². The Labute approximate surface area is 59.8 Å². The minimum atomic E-state index is 0.528. The zero-order valence-electron chi connectivity index (χ0n) is 6.40. The van der Waals surface area contributed by atoms with E-state index in [0.717, 1.165) is 0 Å². The van der Waals surface area contributed by atoms with E-state index in [9.17, 15) is 0 Å². The summed E-state index contributed by atoms with van der Waals surface area (Å²) < 4.78 is 0. The molecule has 0 bridgehead atoms. The second kappa shape index (κ2) is 4.28. The van der Waals surface area contributed by atoms with Crippen LogP contribution in [0, 0.1) is 0 Å². The van der Waals surface area contributed by atoms with Gasteiger partial charge in [-0.15, -0.1) is 7.92 Å². The van der Waals surface area contributed by atoms with Crippen LogP contribution in [0.25, 0.3) is 0 Å². The van der Waals surface area contributed by atoms with E-state index >= 15 is 0 Å². The Morgan fingerprint density at radius 1 is 1.11 bits per heavy atom. The smallest absolute Gasteiger partial charge is 0.0326 e. The van der Waals surface area contributed by atoms with Crippen LogP contribution in [-0.2, 0) is 0 Å². The Hall–Kier alpha value is 0.430. The highest BCUT2D eigenvalue weighted by atomic mass is 31.1. The molecule has 0 aromatic heterocycles. The molecule has 0 saturated carbocycles. The number of hydrogen-bond donors (Lipinski definition) is 0. The lowest BCUT2D eigenvalue weighted by Gasteiger charge is -2.21. The van der Waals surface area contributed by atoms with Crippen molar-refractivity contribution in [3.63, 3.8) is 0 Å². The summed E-state index contributed by atoms with van der Waals surface area (Å²) in [5.74, 6) is 0. The Kier molecular flexibility index (Phi) is 3.58. The Morgan fingerprint density at radius 2 is 1.78 bits per heavy atom. The quantitative estimate of drug-likeness (QED) is 0.522. The van der Waals surface area contributed by atoms with E-state index in [2.05, 4.69) is 6.92 Å². The van der Waals surface area contributed by atoms with Crippen molar-refractivity contribution in [2.75, 3.05) is 18.5 Å². The first-order valence-corrected chi connectivity index (χ1v) is 6.05. The predicted molar refractivity (Wildman–Crippen MR) is 45.7 cm³/mol. The maximum absolute atomic E-state index is 2.32. The largest absolute Gasteiger partial charge is 0.107 e. The first-order chi connectivity index (χ1) is 4.43. The SMILES string of the molecule is CCCP1CCCCC1. The molecular weight excluding hydrogens is 127 g/mol. The molecule has 1 fully saturated rings. The van der Waals surface area contributed by atoms with E-state index in [-0.39, 0.29) is 0 Å². The lowest BCUT2D eigenvalue weighted by Crippen LogP contribution is -2.00. The van der Waals surface area contributed by atoms with Crippen LogP contribution in [-0.4, -0.2) is 18.5 Å². The maximum atomic E-state index is 2.32. The Bertz CT molecular complexity index is 62.2. The molecule has 54 valence electrons. The van der Waals surface area contributed by atoms with Crippen LogP contribution in [0.15, 0.2) is 0 Å². The molecule has 1 aliphatic rings. The molecule has 1 aliphatic heterocycles. The second-order valence-corrected chi connectivity index (χ2v) is 5.59. The molecule has 1 rings (SSSR count). The molecule has 1 heteroatoms. The van der Waals surface area contributed by atoms with Crippen LogP contribution in [0.5, 0.6) is 0 Å². The summed E-state index contributed by atoms with van der Waals surface area (Å²) in [6.45, 7) is 2.32. The van der Waals surface area contributed by atoms with Gasteiger partial charge in [-0.3, -0.25) is 0 Å². The molecule has 0 spiro atoms. The van der Waals surface area contributed by atoms with Crippen molar-refractivity contribution in [2.24, 2.45) is 0 Å². The van der Waals surface area contributed by atoms with Gasteiger partial charge in [0.1, 0.15) is 0 Å². The summed E-state index contributed by atoms with van der Waals surface area (Å²) in [5.41, 5.74) is 0. The fourth-order valence-electron chi connectivity index (χ4n) is 1.50. The van der Waals surface area contributed by atoms with Gasteiger partial charge in [-0.2, -0.15) is 0 Å². The molecular formula is C8H17P. The summed E-state index contributed by atoms with van der Waals surface area (Å²) in [6.07, 6.45) is 10.7. The van der Waals surface area contributed by atoms with Crippen LogP contribution in [0.1, 0.15) is 32.6 Å². The molecule has 1 saturated heterocycles. The highest BCUT2D eigenvalue weighted by Gasteiger charge is 2.10. The van der Waals surface area contributed by atoms with Gasteiger partial charge in [0, 0.05) is 0 Å². The molecule has 0 aromatic carbocycles. The summed E-state index contributed by atoms with van der Waals surface area (Å²) >= 11 is 0. The van der Waals surface area contributed by atoms with Crippen molar-refractivity contribution in [3.05, 3.63) is 0 Å². The fourth-order valence-corrected chi connectivity index (χ4v) is 4.14. The number of rotatable bonds is 2. The lowest BCUT2D eigenvalue weighted by molar-refractivity contribution is 0.749. The van der Waals surface area contributed by atoms with Crippen molar-refractivity contribution >= 4 is 7.92 Å². The fraction of sp³-hybridized carbons (Fsp3) is 1.00. The molecule has 1 heterocycles. The summed E-state index contributed by atoms with van der Waals surface area (Å²) in [5, 5.41) is 0. The van der Waals surface area contributed by atoms with Gasteiger partial charge < -0.3 is 0 Å². The van der Waals surface area contributed by atoms with E-state index in [0.29, 0.717) is 7.92 Å². The van der Waals surface area contributed by atoms with Crippen LogP contribution >= 0.6 is 7.92 Å². The molecule has 0 nitrogen and oxygen atoms in total. The molecule has 0 unspecified atom stereocenters. The van der Waals surface area contributed by atoms with Gasteiger partial charge in [0.05, 0.1) is 0 Å².